The van der Waals surface area contributed by atoms with Gasteiger partial charge in [-0.2, -0.15) is 0 Å². The van der Waals surface area contributed by atoms with Crippen LogP contribution in [0.2, 0.25) is 0 Å². The lowest BCUT2D eigenvalue weighted by atomic mass is 9.96. The van der Waals surface area contributed by atoms with E-state index in [0.717, 1.165) is 36.1 Å². The second-order valence-electron chi connectivity index (χ2n) is 7.67. The van der Waals surface area contributed by atoms with Crippen LogP contribution in [0.25, 0.3) is 10.9 Å². The molecule has 142 valence electrons. The Balaban J connectivity index is 1.61. The van der Waals surface area contributed by atoms with Gasteiger partial charge in [-0.05, 0) is 51.0 Å². The molecule has 1 fully saturated rings. The first-order valence-corrected chi connectivity index (χ1v) is 9.52. The Labute approximate surface area is 158 Å². The third-order valence-corrected chi connectivity index (χ3v) is 5.55. The van der Waals surface area contributed by atoms with Crippen LogP contribution in [0.5, 0.6) is 0 Å². The van der Waals surface area contributed by atoms with Crippen LogP contribution in [0.1, 0.15) is 55.0 Å². The van der Waals surface area contributed by atoms with Crippen molar-refractivity contribution in [2.75, 3.05) is 13.1 Å². The largest absolute Gasteiger partial charge is 0.340 e. The summed E-state index contributed by atoms with van der Waals surface area (Å²) < 4.78 is 17.6. The molecule has 1 atom stereocenters. The Bertz CT molecular complexity index is 987. The number of amides is 1. The van der Waals surface area contributed by atoms with Gasteiger partial charge in [0.15, 0.2) is 0 Å². The predicted octanol–water partition coefficient (Wildman–Crippen LogP) is 4.11. The van der Waals surface area contributed by atoms with Crippen molar-refractivity contribution in [1.82, 2.24) is 19.0 Å². The van der Waals surface area contributed by atoms with Gasteiger partial charge in [-0.1, -0.05) is 0 Å². The summed E-state index contributed by atoms with van der Waals surface area (Å²) in [4.78, 5) is 19.7. The third-order valence-electron chi connectivity index (χ3n) is 5.55. The first-order chi connectivity index (χ1) is 13.0. The Kier molecular flexibility index (Phi) is 4.50. The van der Waals surface area contributed by atoms with E-state index in [1.807, 2.05) is 28.9 Å². The van der Waals surface area contributed by atoms with Crippen molar-refractivity contribution < 1.29 is 9.18 Å². The van der Waals surface area contributed by atoms with Gasteiger partial charge < -0.3 is 14.0 Å². The summed E-state index contributed by atoms with van der Waals surface area (Å²) in [5.41, 5.74) is 1.46. The molecule has 2 aromatic heterocycles. The zero-order valence-corrected chi connectivity index (χ0v) is 16.0. The highest BCUT2D eigenvalue weighted by molar-refractivity contribution is 5.98. The van der Waals surface area contributed by atoms with Gasteiger partial charge in [0.25, 0.3) is 5.91 Å². The third kappa shape index (κ3) is 3.13. The molecular formula is C21H25FN4O. The number of aryl methyl sites for hydroxylation is 1. The van der Waals surface area contributed by atoms with Gasteiger partial charge >= 0.3 is 0 Å². The molecule has 3 heterocycles. The molecule has 0 unspecified atom stereocenters. The molecule has 0 saturated carbocycles. The average Bonchev–Trinajstić information content (AvgIpc) is 3.26. The molecule has 1 aliphatic heterocycles. The van der Waals surface area contributed by atoms with E-state index in [-0.39, 0.29) is 17.6 Å². The van der Waals surface area contributed by atoms with Gasteiger partial charge in [0.2, 0.25) is 0 Å². The molecule has 5 nitrogen and oxygen atoms in total. The van der Waals surface area contributed by atoms with Gasteiger partial charge in [0.1, 0.15) is 17.3 Å². The molecule has 0 radical (unpaired) electrons. The number of likely N-dealkylation sites (tertiary alicyclic amines) is 1. The maximum atomic E-state index is 13.5. The molecule has 1 saturated heterocycles. The predicted molar refractivity (Wildman–Crippen MR) is 103 cm³/mol. The molecule has 6 heteroatoms. The number of piperidine rings is 1. The Morgan fingerprint density at radius 3 is 2.89 bits per heavy atom. The van der Waals surface area contributed by atoms with Crippen LogP contribution in [0.15, 0.2) is 36.7 Å². The number of halogens is 1. The number of fused-ring (bicyclic) bond motifs is 1. The van der Waals surface area contributed by atoms with Gasteiger partial charge in [0, 0.05) is 55.4 Å². The van der Waals surface area contributed by atoms with Crippen molar-refractivity contribution in [2.24, 2.45) is 7.05 Å². The van der Waals surface area contributed by atoms with Crippen LogP contribution < -0.4 is 0 Å². The number of nitrogens with zero attached hydrogens (tertiary/aromatic N) is 4. The van der Waals surface area contributed by atoms with E-state index in [2.05, 4.69) is 23.4 Å². The van der Waals surface area contributed by atoms with Gasteiger partial charge in [-0.25, -0.2) is 9.37 Å². The van der Waals surface area contributed by atoms with E-state index in [9.17, 15) is 9.18 Å². The van der Waals surface area contributed by atoms with Crippen LogP contribution in [-0.4, -0.2) is 38.0 Å². The summed E-state index contributed by atoms with van der Waals surface area (Å²) in [5.74, 6) is 1.01. The Morgan fingerprint density at radius 1 is 1.30 bits per heavy atom. The van der Waals surface area contributed by atoms with Crippen LogP contribution in [0.3, 0.4) is 0 Å². The highest BCUT2D eigenvalue weighted by atomic mass is 19.1. The molecule has 0 bridgehead atoms. The summed E-state index contributed by atoms with van der Waals surface area (Å²) in [6.07, 6.45) is 5.85. The molecule has 1 aromatic carbocycles. The normalized spacial score (nSPS) is 17.8. The van der Waals surface area contributed by atoms with Crippen molar-refractivity contribution in [3.05, 3.63) is 54.0 Å². The maximum absolute atomic E-state index is 13.5. The number of imidazole rings is 1. The highest BCUT2D eigenvalue weighted by Gasteiger charge is 2.29. The Morgan fingerprint density at radius 2 is 2.11 bits per heavy atom. The molecule has 4 rings (SSSR count). The SMILES string of the molecule is CC(C)n1ccnc1[C@H]1CCCN(C(=O)c2cc3cc(F)ccc3n2C)C1. The highest BCUT2D eigenvalue weighted by Crippen LogP contribution is 2.29. The van der Waals surface area contributed by atoms with E-state index in [0.29, 0.717) is 18.3 Å². The molecule has 1 amide bonds. The number of hydrogen-bond acceptors (Lipinski definition) is 2. The fourth-order valence-corrected chi connectivity index (χ4v) is 4.14. The summed E-state index contributed by atoms with van der Waals surface area (Å²) in [7, 11) is 1.86. The van der Waals surface area contributed by atoms with Crippen molar-refractivity contribution in [3.63, 3.8) is 0 Å². The number of carbonyl (C=O) groups is 1. The second-order valence-corrected chi connectivity index (χ2v) is 7.67. The number of benzene rings is 1. The van der Waals surface area contributed by atoms with E-state index in [1.165, 1.54) is 12.1 Å². The second kappa shape index (κ2) is 6.83. The molecule has 0 spiro atoms. The lowest BCUT2D eigenvalue weighted by molar-refractivity contribution is 0.0694. The lowest BCUT2D eigenvalue weighted by Gasteiger charge is -2.33. The van der Waals surface area contributed by atoms with Crippen molar-refractivity contribution in [3.8, 4) is 0 Å². The number of aromatic nitrogens is 3. The molecule has 1 aliphatic rings. The van der Waals surface area contributed by atoms with Gasteiger partial charge in [-0.3, -0.25) is 4.79 Å². The first kappa shape index (κ1) is 17.8. The fraction of sp³-hybridized carbons (Fsp3) is 0.429. The number of rotatable bonds is 3. The molecule has 0 N–H and O–H groups in total. The minimum Gasteiger partial charge on any atom is -0.340 e. The van der Waals surface area contributed by atoms with Crippen LogP contribution in [0.4, 0.5) is 4.39 Å². The topological polar surface area (TPSA) is 43.1 Å². The molecule has 3 aromatic rings. The maximum Gasteiger partial charge on any atom is 0.270 e. The molecule has 0 aliphatic carbocycles. The van der Waals surface area contributed by atoms with Gasteiger partial charge in [0.05, 0.1) is 0 Å². The minimum atomic E-state index is -0.286. The summed E-state index contributed by atoms with van der Waals surface area (Å²) >= 11 is 0. The van der Waals surface area contributed by atoms with Crippen LogP contribution >= 0.6 is 0 Å². The van der Waals surface area contributed by atoms with Crippen molar-refractivity contribution >= 4 is 16.8 Å². The fourth-order valence-electron chi connectivity index (χ4n) is 4.14. The van der Waals surface area contributed by atoms with Crippen LogP contribution in [0, 0.1) is 5.82 Å². The van der Waals surface area contributed by atoms with E-state index in [1.54, 1.807) is 12.1 Å². The quantitative estimate of drug-likeness (QED) is 0.698. The number of carbonyl (C=O) groups excluding carboxylic acids is 1. The minimum absolute atomic E-state index is 0.00135. The summed E-state index contributed by atoms with van der Waals surface area (Å²) in [5, 5.41) is 0.754. The zero-order valence-electron chi connectivity index (χ0n) is 16.0. The zero-order chi connectivity index (χ0) is 19.1. The van der Waals surface area contributed by atoms with Gasteiger partial charge in [-0.15, -0.1) is 0 Å². The molecule has 27 heavy (non-hydrogen) atoms. The summed E-state index contributed by atoms with van der Waals surface area (Å²) in [6, 6.07) is 6.77. The van der Waals surface area contributed by atoms with E-state index in [4.69, 9.17) is 0 Å². The van der Waals surface area contributed by atoms with Crippen molar-refractivity contribution in [1.29, 1.82) is 0 Å². The van der Waals surface area contributed by atoms with Crippen molar-refractivity contribution in [2.45, 2.75) is 38.6 Å². The lowest BCUT2D eigenvalue weighted by Crippen LogP contribution is -2.40. The van der Waals surface area contributed by atoms with E-state index >= 15 is 0 Å². The smallest absolute Gasteiger partial charge is 0.270 e. The van der Waals surface area contributed by atoms with Crippen LogP contribution in [-0.2, 0) is 7.05 Å². The van der Waals surface area contributed by atoms with E-state index < -0.39 is 0 Å². The summed E-state index contributed by atoms with van der Waals surface area (Å²) in [6.45, 7) is 5.70. The Hall–Kier alpha value is -2.63. The molecular weight excluding hydrogens is 343 g/mol. The first-order valence-electron chi connectivity index (χ1n) is 9.52. The average molecular weight is 368 g/mol. The monoisotopic (exact) mass is 368 g/mol. The number of hydrogen-bond donors (Lipinski definition) is 0. The standard InChI is InChI=1S/C21H25FN4O/c1-14(2)26-10-8-23-20(26)15-5-4-9-25(13-15)21(27)19-12-16-11-17(22)6-7-18(16)24(19)3/h6-8,10-12,14-15H,4-5,9,13H2,1-3H3/t15-/m0/s1.